The van der Waals surface area contributed by atoms with E-state index >= 15 is 0 Å². The van der Waals surface area contributed by atoms with E-state index in [-0.39, 0.29) is 0 Å². The van der Waals surface area contributed by atoms with Gasteiger partial charge in [-0.25, -0.2) is 4.39 Å². The topological polar surface area (TPSA) is 118 Å². The molecule has 0 radical (unpaired) electrons. The van der Waals surface area contributed by atoms with Gasteiger partial charge in [0, 0.05) is 0 Å². The van der Waals surface area contributed by atoms with Gasteiger partial charge in [-0.1, -0.05) is 0 Å². The van der Waals surface area contributed by atoms with Crippen molar-refractivity contribution < 1.29 is 34.7 Å². The Morgan fingerprint density at radius 3 is 2.00 bits per heavy atom. The van der Waals surface area contributed by atoms with Crippen molar-refractivity contribution in [1.29, 1.82) is 0 Å². The van der Waals surface area contributed by atoms with E-state index in [9.17, 15) is 9.18 Å². The maximum atomic E-state index is 12.8. The van der Waals surface area contributed by atoms with Crippen molar-refractivity contribution in [3.05, 3.63) is 0 Å². The van der Waals surface area contributed by atoms with Crippen LogP contribution in [0.4, 0.5) is 4.39 Å². The van der Waals surface area contributed by atoms with Crippen LogP contribution in [0.3, 0.4) is 0 Å². The molecule has 0 amide bonds. The summed E-state index contributed by atoms with van der Waals surface area (Å²) in [6, 6.07) is 0. The fourth-order valence-electron chi connectivity index (χ4n) is 0.786. The number of carbonyl (C=O) groups excluding carboxylic acids is 1. The smallest absolute Gasteiger partial charge is 0.194 e. The number of aliphatic hydroxyl groups excluding tert-OH is 5. The summed E-state index contributed by atoms with van der Waals surface area (Å²) in [5, 5.41) is 43.3. The third-order valence-electron chi connectivity index (χ3n) is 1.69. The van der Waals surface area contributed by atoms with Crippen LogP contribution in [0.15, 0.2) is 0 Å². The molecule has 7 heteroatoms. The minimum absolute atomic E-state index is 0.877. The summed E-state index contributed by atoms with van der Waals surface area (Å²) in [5.74, 6) is -1.30. The molecular formula is C7H13FO6. The van der Waals surface area contributed by atoms with Crippen LogP contribution >= 0.6 is 0 Å². The highest BCUT2D eigenvalue weighted by Crippen LogP contribution is 2.08. The maximum Gasteiger partial charge on any atom is 0.194 e. The van der Waals surface area contributed by atoms with Crippen molar-refractivity contribution in [3.63, 3.8) is 0 Å². The lowest BCUT2D eigenvalue weighted by Crippen LogP contribution is -2.47. The van der Waals surface area contributed by atoms with Gasteiger partial charge in [-0.3, -0.25) is 4.79 Å². The molecule has 0 bridgehead atoms. The largest absolute Gasteiger partial charge is 0.394 e. The average Bonchev–Trinajstić information content (AvgIpc) is 2.23. The number of hydrogen-bond donors (Lipinski definition) is 5. The number of aliphatic hydroxyl groups is 5. The van der Waals surface area contributed by atoms with Gasteiger partial charge in [-0.15, -0.1) is 0 Å². The Morgan fingerprint density at radius 2 is 1.64 bits per heavy atom. The second-order valence-corrected chi connectivity index (χ2v) is 2.76. The summed E-state index contributed by atoms with van der Waals surface area (Å²) >= 11 is 0. The lowest BCUT2D eigenvalue weighted by atomic mass is 10.0. The standard InChI is InChI=1S/C7H13FO6/c8-5(3(11)1-9)7(14)6(13)4(12)2-10/h4-7,9-10,12-14H,1-2H2/t4-,5-,6-,7-/m1/s1. The molecule has 5 N–H and O–H groups in total. The Hall–Kier alpha value is -0.600. The summed E-state index contributed by atoms with van der Waals surface area (Å²) in [4.78, 5) is 10.5. The molecule has 0 spiro atoms. The zero-order valence-electron chi connectivity index (χ0n) is 7.25. The minimum atomic E-state index is -2.49. The molecule has 14 heavy (non-hydrogen) atoms. The van der Waals surface area contributed by atoms with Gasteiger partial charge in [0.15, 0.2) is 12.0 Å². The van der Waals surface area contributed by atoms with E-state index in [1.807, 2.05) is 0 Å². The molecule has 0 fully saturated rings. The van der Waals surface area contributed by atoms with E-state index in [1.165, 1.54) is 0 Å². The van der Waals surface area contributed by atoms with E-state index in [0.717, 1.165) is 0 Å². The van der Waals surface area contributed by atoms with Gasteiger partial charge in [0.05, 0.1) is 6.61 Å². The monoisotopic (exact) mass is 212 g/mol. The number of Topliss-reactive ketones (excluding diaryl/α,β-unsaturated/α-hetero) is 1. The zero-order valence-corrected chi connectivity index (χ0v) is 7.25. The first-order valence-electron chi connectivity index (χ1n) is 3.88. The summed E-state index contributed by atoms with van der Waals surface area (Å²) in [6.45, 7) is -1.99. The number of hydrogen-bond acceptors (Lipinski definition) is 6. The summed E-state index contributed by atoms with van der Waals surface area (Å²) in [7, 11) is 0. The number of rotatable bonds is 6. The predicted molar refractivity (Wildman–Crippen MR) is 42.1 cm³/mol. The Bertz CT molecular complexity index is 187. The lowest BCUT2D eigenvalue weighted by Gasteiger charge is -2.23. The molecule has 0 heterocycles. The van der Waals surface area contributed by atoms with Gasteiger partial charge in [-0.05, 0) is 0 Å². The first-order chi connectivity index (χ1) is 6.45. The number of carbonyl (C=O) groups is 1. The van der Waals surface area contributed by atoms with Gasteiger partial charge in [0.2, 0.25) is 0 Å². The van der Waals surface area contributed by atoms with Crippen LogP contribution in [0, 0.1) is 0 Å². The van der Waals surface area contributed by atoms with Crippen LogP contribution in [-0.4, -0.2) is 69.0 Å². The zero-order chi connectivity index (χ0) is 11.3. The van der Waals surface area contributed by atoms with Crippen molar-refractivity contribution >= 4 is 5.78 Å². The summed E-state index contributed by atoms with van der Waals surface area (Å²) < 4.78 is 12.8. The van der Waals surface area contributed by atoms with Crippen molar-refractivity contribution in [3.8, 4) is 0 Å². The van der Waals surface area contributed by atoms with Crippen molar-refractivity contribution in [2.24, 2.45) is 0 Å². The molecule has 0 aliphatic heterocycles. The molecule has 0 aromatic carbocycles. The van der Waals surface area contributed by atoms with Crippen LogP contribution in [0.5, 0.6) is 0 Å². The third kappa shape index (κ3) is 3.28. The first-order valence-corrected chi connectivity index (χ1v) is 3.88. The highest BCUT2D eigenvalue weighted by molar-refractivity contribution is 5.84. The summed E-state index contributed by atoms with van der Waals surface area (Å²) in [6.07, 6.45) is -8.38. The molecule has 0 aliphatic carbocycles. The van der Waals surface area contributed by atoms with Crippen molar-refractivity contribution in [2.45, 2.75) is 24.5 Å². The summed E-state index contributed by atoms with van der Waals surface area (Å²) in [5.41, 5.74) is 0. The van der Waals surface area contributed by atoms with Crippen LogP contribution in [0.25, 0.3) is 0 Å². The molecule has 4 atom stereocenters. The Kier molecular flexibility index (Phi) is 5.73. The molecule has 0 rings (SSSR count). The molecular weight excluding hydrogens is 199 g/mol. The Labute approximate surface area is 79.2 Å². The van der Waals surface area contributed by atoms with Crippen LogP contribution < -0.4 is 0 Å². The second-order valence-electron chi connectivity index (χ2n) is 2.76. The maximum absolute atomic E-state index is 12.8. The second kappa shape index (κ2) is 5.99. The quantitative estimate of drug-likeness (QED) is 0.319. The van der Waals surface area contributed by atoms with Crippen molar-refractivity contribution in [2.75, 3.05) is 13.2 Å². The van der Waals surface area contributed by atoms with E-state index in [4.69, 9.17) is 25.5 Å². The van der Waals surface area contributed by atoms with Gasteiger partial charge in [0.25, 0.3) is 0 Å². The molecule has 84 valence electrons. The normalized spacial score (nSPS) is 19.9. The lowest BCUT2D eigenvalue weighted by molar-refractivity contribution is -0.140. The van der Waals surface area contributed by atoms with Gasteiger partial charge in [0.1, 0.15) is 24.9 Å². The Morgan fingerprint density at radius 1 is 1.14 bits per heavy atom. The fourth-order valence-corrected chi connectivity index (χ4v) is 0.786. The Balaban J connectivity index is 4.30. The first kappa shape index (κ1) is 13.4. The predicted octanol–water partition coefficient (Wildman–Crippen LogP) is -3.04. The highest BCUT2D eigenvalue weighted by Gasteiger charge is 2.34. The van der Waals surface area contributed by atoms with Crippen LogP contribution in [0.1, 0.15) is 0 Å². The molecule has 0 aliphatic rings. The van der Waals surface area contributed by atoms with E-state index < -0.39 is 43.5 Å². The van der Waals surface area contributed by atoms with Gasteiger partial charge >= 0.3 is 0 Å². The van der Waals surface area contributed by atoms with E-state index in [1.54, 1.807) is 0 Å². The third-order valence-corrected chi connectivity index (χ3v) is 1.69. The molecule has 0 unspecified atom stereocenters. The average molecular weight is 212 g/mol. The van der Waals surface area contributed by atoms with E-state index in [0.29, 0.717) is 0 Å². The molecule has 0 aromatic rings. The number of ketones is 1. The van der Waals surface area contributed by atoms with Gasteiger partial charge < -0.3 is 25.5 Å². The number of halogens is 1. The highest BCUT2D eigenvalue weighted by atomic mass is 19.1. The van der Waals surface area contributed by atoms with Gasteiger partial charge in [-0.2, -0.15) is 0 Å². The van der Waals surface area contributed by atoms with Crippen LogP contribution in [-0.2, 0) is 4.79 Å². The fraction of sp³-hybridized carbons (Fsp3) is 0.857. The van der Waals surface area contributed by atoms with E-state index in [2.05, 4.69) is 0 Å². The van der Waals surface area contributed by atoms with Crippen molar-refractivity contribution in [1.82, 2.24) is 0 Å². The minimum Gasteiger partial charge on any atom is -0.394 e. The number of alkyl halides is 1. The molecule has 0 aromatic heterocycles. The molecule has 6 nitrogen and oxygen atoms in total. The molecule has 0 saturated heterocycles. The molecule has 0 saturated carbocycles. The van der Waals surface area contributed by atoms with Crippen LogP contribution in [0.2, 0.25) is 0 Å². The SMILES string of the molecule is O=C(CO)[C@@H](F)[C@@H](O)[C@H](O)[C@H](O)CO.